The van der Waals surface area contributed by atoms with E-state index in [0.717, 1.165) is 0 Å². The summed E-state index contributed by atoms with van der Waals surface area (Å²) in [4.78, 5) is 12.2. The van der Waals surface area contributed by atoms with Crippen molar-refractivity contribution >= 4 is 34.3 Å². The number of ether oxygens (including phenoxy) is 2. The second-order valence-corrected chi connectivity index (χ2v) is 6.59. The first-order chi connectivity index (χ1) is 13.5. The average molecular weight is 403 g/mol. The number of thiocarbonyl (C=S) groups is 1. The maximum Gasteiger partial charge on any atom is 0.247 e. The maximum atomic E-state index is 10.9. The first kappa shape index (κ1) is 18.7. The number of aliphatic hydroxyl groups is 3. The lowest BCUT2D eigenvalue weighted by atomic mass is 10.0. The molecule has 1 aromatic carbocycles. The number of imidazole rings is 1. The van der Waals surface area contributed by atoms with Gasteiger partial charge in [0.05, 0.1) is 6.61 Å². The van der Waals surface area contributed by atoms with Crippen molar-refractivity contribution in [3.8, 4) is 5.75 Å². The van der Waals surface area contributed by atoms with E-state index in [0.29, 0.717) is 5.75 Å². The molecule has 3 aromatic rings. The summed E-state index contributed by atoms with van der Waals surface area (Å²) in [6, 6.07) is 8.66. The van der Waals surface area contributed by atoms with Crippen LogP contribution in [-0.2, 0) is 10.5 Å². The van der Waals surface area contributed by atoms with E-state index in [9.17, 15) is 15.3 Å². The Morgan fingerprint density at radius 1 is 1.25 bits per heavy atom. The molecule has 4 atom stereocenters. The molecule has 10 nitrogen and oxygen atoms in total. The first-order valence-electron chi connectivity index (χ1n) is 8.35. The van der Waals surface area contributed by atoms with Crippen LogP contribution in [0.2, 0.25) is 0 Å². The highest BCUT2D eigenvalue weighted by Crippen LogP contribution is 2.39. The van der Waals surface area contributed by atoms with E-state index in [1.54, 1.807) is 30.3 Å². The Morgan fingerprint density at radius 2 is 2.00 bits per heavy atom. The van der Waals surface area contributed by atoms with E-state index in [1.807, 2.05) is 0 Å². The molecule has 0 aliphatic carbocycles. The van der Waals surface area contributed by atoms with Crippen LogP contribution >= 0.6 is 12.2 Å². The monoisotopic (exact) mass is 403 g/mol. The van der Waals surface area contributed by atoms with Crippen molar-refractivity contribution in [2.24, 2.45) is 0 Å². The van der Waals surface area contributed by atoms with E-state index >= 15 is 0 Å². The van der Waals surface area contributed by atoms with Gasteiger partial charge < -0.3 is 30.5 Å². The molecular formula is C17H17N5O5S. The number of hydrogen-bond acceptors (Lipinski definition) is 10. The van der Waals surface area contributed by atoms with Crippen LogP contribution in [0.5, 0.6) is 5.75 Å². The van der Waals surface area contributed by atoms with Gasteiger partial charge in [-0.3, -0.25) is 4.57 Å². The van der Waals surface area contributed by atoms with Crippen LogP contribution in [0.1, 0.15) is 0 Å². The number of anilines is 1. The second-order valence-electron chi connectivity index (χ2n) is 6.22. The van der Waals surface area contributed by atoms with Gasteiger partial charge in [-0.2, -0.15) is 0 Å². The van der Waals surface area contributed by atoms with Crippen molar-refractivity contribution in [3.63, 3.8) is 0 Å². The Kier molecular flexibility index (Phi) is 4.69. The van der Waals surface area contributed by atoms with E-state index in [2.05, 4.69) is 15.0 Å². The minimum absolute atomic E-state index is 0.125. The zero-order valence-electron chi connectivity index (χ0n) is 14.4. The van der Waals surface area contributed by atoms with Gasteiger partial charge in [0.2, 0.25) is 10.8 Å². The fourth-order valence-corrected chi connectivity index (χ4v) is 3.54. The third kappa shape index (κ3) is 2.72. The molecule has 4 rings (SSSR count). The number of aromatic nitrogens is 4. The molecule has 0 spiro atoms. The Bertz CT molecular complexity index is 1020. The molecule has 28 heavy (non-hydrogen) atoms. The van der Waals surface area contributed by atoms with Gasteiger partial charge in [-0.1, -0.05) is 18.2 Å². The van der Waals surface area contributed by atoms with Crippen LogP contribution in [0, 0.1) is 0 Å². The molecule has 1 fully saturated rings. The maximum absolute atomic E-state index is 10.9. The predicted molar refractivity (Wildman–Crippen MR) is 101 cm³/mol. The van der Waals surface area contributed by atoms with Gasteiger partial charge in [0.15, 0.2) is 11.5 Å². The van der Waals surface area contributed by atoms with Crippen LogP contribution in [0.25, 0.3) is 11.2 Å². The van der Waals surface area contributed by atoms with Gasteiger partial charge in [0.25, 0.3) is 0 Å². The van der Waals surface area contributed by atoms with Gasteiger partial charge >= 0.3 is 0 Å². The van der Waals surface area contributed by atoms with E-state index < -0.39 is 30.6 Å². The largest absolute Gasteiger partial charge is 0.445 e. The number of rotatable bonds is 4. The molecule has 146 valence electrons. The molecule has 3 heterocycles. The van der Waals surface area contributed by atoms with E-state index in [1.165, 1.54) is 17.2 Å². The lowest BCUT2D eigenvalue weighted by Crippen LogP contribution is -2.52. The Morgan fingerprint density at radius 3 is 2.68 bits per heavy atom. The number of fused-ring (bicyclic) bond motifs is 1. The van der Waals surface area contributed by atoms with Crippen molar-refractivity contribution in [2.45, 2.75) is 24.0 Å². The number of nitrogens with zero attached hydrogens (tertiary/aromatic N) is 4. The first-order valence-corrected chi connectivity index (χ1v) is 8.76. The lowest BCUT2D eigenvalue weighted by Gasteiger charge is -2.33. The second kappa shape index (κ2) is 7.04. The molecule has 0 bridgehead atoms. The number of benzene rings is 1. The summed E-state index contributed by atoms with van der Waals surface area (Å²) in [7, 11) is 0. The number of nitrogens with two attached hydrogens (primary N) is 1. The molecule has 1 aliphatic rings. The van der Waals surface area contributed by atoms with Gasteiger partial charge in [-0.15, -0.1) is 0 Å². The lowest BCUT2D eigenvalue weighted by molar-refractivity contribution is -0.101. The topological polar surface area (TPSA) is 149 Å². The van der Waals surface area contributed by atoms with Gasteiger partial charge in [0.1, 0.15) is 42.2 Å². The van der Waals surface area contributed by atoms with Gasteiger partial charge in [-0.05, 0) is 24.4 Å². The average Bonchev–Trinajstić information content (AvgIpc) is 3.24. The van der Waals surface area contributed by atoms with Crippen molar-refractivity contribution in [2.75, 3.05) is 12.3 Å². The summed E-state index contributed by atoms with van der Waals surface area (Å²) in [6.07, 6.45) is -1.57. The minimum Gasteiger partial charge on any atom is -0.445 e. The molecule has 0 amide bonds. The van der Waals surface area contributed by atoms with Crippen LogP contribution in [0.3, 0.4) is 0 Å². The molecule has 1 saturated heterocycles. The molecule has 1 aliphatic heterocycles. The van der Waals surface area contributed by atoms with E-state index in [-0.39, 0.29) is 22.0 Å². The summed E-state index contributed by atoms with van der Waals surface area (Å²) in [5.74, 6) is 0.531. The zero-order valence-corrected chi connectivity index (χ0v) is 15.2. The predicted octanol–water partition coefficient (Wildman–Crippen LogP) is -0.419. The number of para-hydroxylation sites is 1. The summed E-state index contributed by atoms with van der Waals surface area (Å²) >= 11 is 5.46. The highest BCUT2D eigenvalue weighted by molar-refractivity contribution is 7.80. The van der Waals surface area contributed by atoms with Crippen molar-refractivity contribution in [1.29, 1.82) is 0 Å². The zero-order chi connectivity index (χ0) is 19.9. The van der Waals surface area contributed by atoms with Crippen molar-refractivity contribution in [3.05, 3.63) is 43.0 Å². The normalized spacial score (nSPS) is 27.2. The fourth-order valence-electron chi connectivity index (χ4n) is 3.18. The third-order valence-electron chi connectivity index (χ3n) is 4.58. The van der Waals surface area contributed by atoms with Gasteiger partial charge in [-0.25, -0.2) is 15.0 Å². The molecule has 0 unspecified atom stereocenters. The quantitative estimate of drug-likeness (QED) is 0.423. The minimum atomic E-state index is -1.88. The van der Waals surface area contributed by atoms with Crippen LogP contribution < -0.4 is 10.5 Å². The summed E-state index contributed by atoms with van der Waals surface area (Å²) in [5.41, 5.74) is 4.45. The summed E-state index contributed by atoms with van der Waals surface area (Å²) in [6.45, 7) is -0.544. The smallest absolute Gasteiger partial charge is 0.247 e. The number of hydrogen-bond donors (Lipinski definition) is 4. The molecule has 11 heteroatoms. The molecule has 0 radical (unpaired) electrons. The highest BCUT2D eigenvalue weighted by atomic mass is 32.1. The summed E-state index contributed by atoms with van der Waals surface area (Å²) in [5, 5.41) is 30.6. The summed E-state index contributed by atoms with van der Waals surface area (Å²) < 4.78 is 12.9. The highest BCUT2D eigenvalue weighted by Gasteiger charge is 2.60. The Hall–Kier alpha value is -2.70. The Labute approximate surface area is 164 Å². The number of nitrogen functional groups attached to an aromatic ring is 1. The fraction of sp³-hybridized carbons (Fsp3) is 0.294. The van der Waals surface area contributed by atoms with Gasteiger partial charge in [0, 0.05) is 0 Å². The molecular weight excluding hydrogens is 386 g/mol. The Balaban J connectivity index is 1.87. The molecule has 0 saturated carbocycles. The van der Waals surface area contributed by atoms with Crippen LogP contribution in [0.4, 0.5) is 5.82 Å². The SMILES string of the molecule is Nc1ncnc2c1ncn2[C@]1(C(=S)Oc2ccccc2)O[C@H](CO)[C@@H](O)[C@H]1O. The third-order valence-corrected chi connectivity index (χ3v) is 4.96. The van der Waals surface area contributed by atoms with Crippen LogP contribution in [0.15, 0.2) is 43.0 Å². The van der Waals surface area contributed by atoms with Crippen LogP contribution in [-0.4, -0.2) is 64.8 Å². The van der Waals surface area contributed by atoms with E-state index in [4.69, 9.17) is 27.4 Å². The van der Waals surface area contributed by atoms with Crippen molar-refractivity contribution < 1.29 is 24.8 Å². The molecule has 5 N–H and O–H groups in total. The molecule has 2 aromatic heterocycles. The standard InChI is InChI=1S/C17H17N5O5S/c18-14-11-15(20-7-19-14)22(8-21-11)17(13(25)12(24)10(6-23)27-17)16(28)26-9-4-2-1-3-5-9/h1-5,7-8,10,12-13,23-25H,6H2,(H2,18,19,20)/t10-,12-,13-,17+/m1/s1. The van der Waals surface area contributed by atoms with Crippen molar-refractivity contribution in [1.82, 2.24) is 19.5 Å². The number of aliphatic hydroxyl groups excluding tert-OH is 3.